The van der Waals surface area contributed by atoms with Crippen molar-refractivity contribution in [3.05, 3.63) is 22.2 Å². The van der Waals surface area contributed by atoms with E-state index in [1.807, 2.05) is 0 Å². The zero-order valence-corrected chi connectivity index (χ0v) is 3.57. The quantitative estimate of drug-likeness (QED) is 0.401. The molecule has 36 valence electrons. The second-order valence-electron chi connectivity index (χ2n) is 1.27. The Bertz CT molecular complexity index is 133. The molecule has 0 amide bonds. The van der Waals surface area contributed by atoms with Gasteiger partial charge < -0.3 is 0 Å². The lowest BCUT2D eigenvalue weighted by molar-refractivity contribution is -0.655. The maximum atomic E-state index is 10.0. The molecule has 0 aromatic rings. The van der Waals surface area contributed by atoms with Crippen LogP contribution in [0.5, 0.6) is 0 Å². The van der Waals surface area contributed by atoms with Crippen molar-refractivity contribution in [2.45, 2.75) is 0 Å². The Morgan fingerprint density at radius 2 is 1.57 bits per heavy atom. The lowest BCUT2D eigenvalue weighted by Gasteiger charge is -1.58. The van der Waals surface area contributed by atoms with Crippen LogP contribution in [-0.4, -0.2) is 16.2 Å². The molecule has 4 nitrogen and oxygen atoms in total. The SMILES string of the molecule is O=[N+]1C=C[N+](=O)C1. The first kappa shape index (κ1) is 4.11. The molecule has 0 atom stereocenters. The fourth-order valence-electron chi connectivity index (χ4n) is 0.380. The van der Waals surface area contributed by atoms with E-state index in [-0.39, 0.29) is 6.67 Å². The summed E-state index contributed by atoms with van der Waals surface area (Å²) in [5.74, 6) is 0. The highest BCUT2D eigenvalue weighted by Gasteiger charge is 2.25. The summed E-state index contributed by atoms with van der Waals surface area (Å²) in [6.45, 7) is -0.0833. The van der Waals surface area contributed by atoms with Gasteiger partial charge in [0.1, 0.15) is 9.52 Å². The second-order valence-corrected chi connectivity index (χ2v) is 1.27. The first-order valence-corrected chi connectivity index (χ1v) is 1.85. The minimum atomic E-state index is -0.0833. The molecule has 1 rings (SSSR count). The molecule has 0 spiro atoms. The summed E-state index contributed by atoms with van der Waals surface area (Å²) in [6.07, 6.45) is 2.38. The molecule has 0 saturated heterocycles. The molecule has 0 unspecified atom stereocenters. The van der Waals surface area contributed by atoms with Gasteiger partial charge in [0.2, 0.25) is 0 Å². The van der Waals surface area contributed by atoms with Gasteiger partial charge in [0.15, 0.2) is 0 Å². The van der Waals surface area contributed by atoms with Gasteiger partial charge in [-0.2, -0.15) is 0 Å². The Balaban J connectivity index is 2.76. The fraction of sp³-hybridized carbons (Fsp3) is 0.333. The van der Waals surface area contributed by atoms with E-state index in [0.29, 0.717) is 9.52 Å². The summed E-state index contributed by atoms with van der Waals surface area (Å²) in [4.78, 5) is 20.1. The molecule has 0 aromatic carbocycles. The van der Waals surface area contributed by atoms with Gasteiger partial charge in [-0.05, 0) is 0 Å². The van der Waals surface area contributed by atoms with Crippen molar-refractivity contribution in [2.75, 3.05) is 6.67 Å². The summed E-state index contributed by atoms with van der Waals surface area (Å²) in [7, 11) is 0. The normalized spacial score (nSPS) is 18.9. The lowest BCUT2D eigenvalue weighted by Crippen LogP contribution is -2.03. The van der Waals surface area contributed by atoms with Gasteiger partial charge in [0.25, 0.3) is 12.4 Å². The van der Waals surface area contributed by atoms with Gasteiger partial charge in [0, 0.05) is 9.81 Å². The van der Waals surface area contributed by atoms with Crippen LogP contribution in [0.1, 0.15) is 0 Å². The highest BCUT2D eigenvalue weighted by Crippen LogP contribution is 1.88. The van der Waals surface area contributed by atoms with E-state index in [0.717, 1.165) is 0 Å². The topological polar surface area (TPSA) is 40.2 Å². The molecule has 0 saturated carbocycles. The van der Waals surface area contributed by atoms with Gasteiger partial charge in [-0.1, -0.05) is 0 Å². The first-order valence-electron chi connectivity index (χ1n) is 1.85. The number of nitrogens with zero attached hydrogens (tertiary/aromatic N) is 2. The molecule has 4 heteroatoms. The fourth-order valence-corrected chi connectivity index (χ4v) is 0.380. The van der Waals surface area contributed by atoms with Gasteiger partial charge >= 0.3 is 6.67 Å². The van der Waals surface area contributed by atoms with E-state index >= 15 is 0 Å². The zero-order valence-electron chi connectivity index (χ0n) is 3.57. The predicted octanol–water partition coefficient (Wildman–Crippen LogP) is -0.0135. The van der Waals surface area contributed by atoms with Crippen LogP contribution in [0.2, 0.25) is 0 Å². The molecular formula is C3H4N2O2+2. The van der Waals surface area contributed by atoms with E-state index in [1.165, 1.54) is 12.4 Å². The summed E-state index contributed by atoms with van der Waals surface area (Å²) >= 11 is 0. The van der Waals surface area contributed by atoms with Crippen LogP contribution >= 0.6 is 0 Å². The molecule has 1 aliphatic heterocycles. The van der Waals surface area contributed by atoms with Gasteiger partial charge in [-0.3, -0.25) is 0 Å². The molecule has 0 radical (unpaired) electrons. The van der Waals surface area contributed by atoms with E-state index in [4.69, 9.17) is 0 Å². The van der Waals surface area contributed by atoms with E-state index in [9.17, 15) is 9.81 Å². The molecule has 0 bridgehead atoms. The summed E-state index contributed by atoms with van der Waals surface area (Å²) in [5.41, 5.74) is 0. The Hall–Kier alpha value is -1.06. The van der Waals surface area contributed by atoms with Gasteiger partial charge in [0.05, 0.1) is 0 Å². The average Bonchev–Trinajstić information content (AvgIpc) is 1.87. The van der Waals surface area contributed by atoms with Crippen LogP contribution < -0.4 is 0 Å². The van der Waals surface area contributed by atoms with E-state index in [1.54, 1.807) is 0 Å². The minimum absolute atomic E-state index is 0.0833. The standard InChI is InChI=1S/C3H4N2O2/c6-4-1-2-5(7)3-4/h1-2H,3H2/q+2. The second kappa shape index (κ2) is 1.22. The maximum absolute atomic E-state index is 10.0. The molecule has 7 heavy (non-hydrogen) atoms. The predicted molar refractivity (Wildman–Crippen MR) is 21.3 cm³/mol. The average molecular weight is 100 g/mol. The lowest BCUT2D eigenvalue weighted by atomic mass is 11.0. The van der Waals surface area contributed by atoms with Crippen LogP contribution in [0.4, 0.5) is 0 Å². The molecule has 0 aliphatic carbocycles. The Morgan fingerprint density at radius 1 is 1.14 bits per heavy atom. The monoisotopic (exact) mass is 100 g/mol. The third-order valence-electron chi connectivity index (χ3n) is 0.678. The summed E-state index contributed by atoms with van der Waals surface area (Å²) in [6, 6.07) is 0. The third-order valence-corrected chi connectivity index (χ3v) is 0.678. The minimum Gasteiger partial charge on any atom is 0.0300 e. The van der Waals surface area contributed by atoms with E-state index < -0.39 is 0 Å². The maximum Gasteiger partial charge on any atom is 0.434 e. The van der Waals surface area contributed by atoms with Gasteiger partial charge in [-0.25, -0.2) is 0 Å². The van der Waals surface area contributed by atoms with E-state index in [2.05, 4.69) is 0 Å². The van der Waals surface area contributed by atoms with Crippen LogP contribution in [0.15, 0.2) is 12.4 Å². The highest BCUT2D eigenvalue weighted by atomic mass is 16.3. The van der Waals surface area contributed by atoms with Gasteiger partial charge in [-0.15, -0.1) is 0 Å². The van der Waals surface area contributed by atoms with Crippen molar-refractivity contribution in [3.8, 4) is 0 Å². The van der Waals surface area contributed by atoms with Crippen LogP contribution in [0.25, 0.3) is 0 Å². The number of rotatable bonds is 0. The first-order chi connectivity index (χ1) is 3.29. The van der Waals surface area contributed by atoms with Crippen LogP contribution in [0.3, 0.4) is 0 Å². The molecule has 1 aliphatic rings. The third kappa shape index (κ3) is 0.677. The van der Waals surface area contributed by atoms with Crippen molar-refractivity contribution in [3.63, 3.8) is 0 Å². The Kier molecular flexibility index (Phi) is 0.714. The molecule has 0 N–H and O–H groups in total. The molecule has 1 heterocycles. The number of hydrogen-bond donors (Lipinski definition) is 0. The van der Waals surface area contributed by atoms with Crippen molar-refractivity contribution in [1.82, 2.24) is 0 Å². The summed E-state index contributed by atoms with van der Waals surface area (Å²) < 4.78 is 1.12. The molecular weight excluding hydrogens is 96.0 g/mol. The molecule has 0 aromatic heterocycles. The molecule has 0 fully saturated rings. The Morgan fingerprint density at radius 3 is 1.71 bits per heavy atom. The smallest absolute Gasteiger partial charge is 0.0300 e. The zero-order chi connectivity index (χ0) is 5.28. The highest BCUT2D eigenvalue weighted by molar-refractivity contribution is 4.58. The van der Waals surface area contributed by atoms with Crippen LogP contribution in [0, 0.1) is 9.81 Å². The van der Waals surface area contributed by atoms with Crippen molar-refractivity contribution in [2.24, 2.45) is 0 Å². The summed E-state index contributed by atoms with van der Waals surface area (Å²) in [5, 5.41) is 0. The number of hydrogen-bond acceptors (Lipinski definition) is 2. The van der Waals surface area contributed by atoms with Crippen molar-refractivity contribution < 1.29 is 9.52 Å². The van der Waals surface area contributed by atoms with Crippen molar-refractivity contribution >= 4 is 0 Å². The number of nitroso groups, excluding NO2 is 2. The van der Waals surface area contributed by atoms with Crippen molar-refractivity contribution in [1.29, 1.82) is 0 Å². The Labute approximate surface area is 39.6 Å². The van der Waals surface area contributed by atoms with Crippen LogP contribution in [-0.2, 0) is 0 Å². The largest absolute Gasteiger partial charge is 0.434 e.